The van der Waals surface area contributed by atoms with E-state index < -0.39 is 0 Å². The summed E-state index contributed by atoms with van der Waals surface area (Å²) in [6, 6.07) is 21.5. The smallest absolute Gasteiger partial charge is 0.295 e. The lowest BCUT2D eigenvalue weighted by Gasteiger charge is -2.23. The lowest BCUT2D eigenvalue weighted by atomic mass is 9.92. The fourth-order valence-corrected chi connectivity index (χ4v) is 5.83. The van der Waals surface area contributed by atoms with E-state index in [1.807, 2.05) is 62.5 Å². The molecule has 5 heterocycles. The number of rotatable bonds is 8. The van der Waals surface area contributed by atoms with E-state index in [0.29, 0.717) is 34.3 Å². The molecule has 1 unspecified atom stereocenters. The van der Waals surface area contributed by atoms with Gasteiger partial charge in [0.1, 0.15) is 17.1 Å². The van der Waals surface area contributed by atoms with Gasteiger partial charge in [0.25, 0.3) is 5.56 Å². The first-order chi connectivity index (χ1) is 22.0. The molecule has 45 heavy (non-hydrogen) atoms. The summed E-state index contributed by atoms with van der Waals surface area (Å²) >= 11 is 0. The van der Waals surface area contributed by atoms with Crippen molar-refractivity contribution in [2.24, 2.45) is 7.05 Å². The van der Waals surface area contributed by atoms with E-state index in [2.05, 4.69) is 43.0 Å². The van der Waals surface area contributed by atoms with E-state index >= 15 is 0 Å². The lowest BCUT2D eigenvalue weighted by Crippen LogP contribution is -2.28. The molecule has 0 radical (unpaired) electrons. The number of pyridine rings is 2. The Morgan fingerprint density at radius 3 is 2.64 bits per heavy atom. The van der Waals surface area contributed by atoms with Gasteiger partial charge < -0.3 is 15.4 Å². The summed E-state index contributed by atoms with van der Waals surface area (Å²) in [5.41, 5.74) is 5.49. The molecule has 226 valence electrons. The Hall–Kier alpha value is -5.42. The zero-order valence-electron chi connectivity index (χ0n) is 25.1. The number of aryl methyl sites for hydroxylation is 2. The number of para-hydroxylation sites is 1. The van der Waals surface area contributed by atoms with Crippen LogP contribution in [0.15, 0.2) is 90.1 Å². The number of nitrogens with zero attached hydrogens (tertiary/aromatic N) is 7. The molecule has 0 amide bonds. The van der Waals surface area contributed by atoms with Crippen LogP contribution in [-0.2, 0) is 13.6 Å². The van der Waals surface area contributed by atoms with Crippen LogP contribution in [0.4, 0.5) is 11.6 Å². The molecule has 0 spiro atoms. The maximum Gasteiger partial charge on any atom is 0.295 e. The van der Waals surface area contributed by atoms with Crippen LogP contribution in [0, 0.1) is 6.92 Å². The molecule has 1 saturated heterocycles. The average Bonchev–Trinajstić information content (AvgIpc) is 3.44. The third kappa shape index (κ3) is 5.89. The van der Waals surface area contributed by atoms with Crippen LogP contribution < -0.4 is 20.9 Å². The highest BCUT2D eigenvalue weighted by Gasteiger charge is 2.20. The second-order valence-corrected chi connectivity index (χ2v) is 11.3. The van der Waals surface area contributed by atoms with Crippen LogP contribution in [0.5, 0.6) is 11.5 Å². The van der Waals surface area contributed by atoms with E-state index in [4.69, 9.17) is 9.72 Å². The molecule has 2 aromatic carbocycles. The Balaban J connectivity index is 1.28. The Kier molecular flexibility index (Phi) is 7.75. The molecule has 1 aliphatic rings. The fourth-order valence-electron chi connectivity index (χ4n) is 5.83. The van der Waals surface area contributed by atoms with Gasteiger partial charge in [-0.15, -0.1) is 5.10 Å². The number of piperidine rings is 1. The molecule has 1 fully saturated rings. The fraction of sp³-hybridized carbons (Fsp3) is 0.235. The average molecular weight is 600 g/mol. The monoisotopic (exact) mass is 599 g/mol. The van der Waals surface area contributed by atoms with E-state index in [0.717, 1.165) is 35.6 Å². The van der Waals surface area contributed by atoms with Gasteiger partial charge in [-0.3, -0.25) is 14.3 Å². The summed E-state index contributed by atoms with van der Waals surface area (Å²) in [6.07, 6.45) is 7.51. The molecule has 2 N–H and O–H groups in total. The third-order valence-corrected chi connectivity index (χ3v) is 8.20. The minimum atomic E-state index is -0.341. The van der Waals surface area contributed by atoms with Crippen molar-refractivity contribution in [1.82, 2.24) is 39.8 Å². The molecule has 0 bridgehead atoms. The molecule has 7 rings (SSSR count). The van der Waals surface area contributed by atoms with Gasteiger partial charge in [0.05, 0.1) is 12.2 Å². The molecule has 1 aliphatic heterocycles. The van der Waals surface area contributed by atoms with Crippen molar-refractivity contribution in [3.8, 4) is 22.8 Å². The summed E-state index contributed by atoms with van der Waals surface area (Å²) < 4.78 is 9.44. The molecule has 0 saturated carbocycles. The van der Waals surface area contributed by atoms with Crippen molar-refractivity contribution in [3.05, 3.63) is 112 Å². The molecular weight excluding hydrogens is 566 g/mol. The Morgan fingerprint density at radius 2 is 1.87 bits per heavy atom. The van der Waals surface area contributed by atoms with Gasteiger partial charge in [-0.05, 0) is 79.8 Å². The van der Waals surface area contributed by atoms with Gasteiger partial charge in [0.15, 0.2) is 5.75 Å². The normalized spacial score (nSPS) is 14.8. The molecular formula is C34H33N9O2. The molecule has 0 aliphatic carbocycles. The Labute approximate surface area is 260 Å². The predicted molar refractivity (Wildman–Crippen MR) is 173 cm³/mol. The number of hydrogen-bond acceptors (Lipinski definition) is 9. The van der Waals surface area contributed by atoms with Gasteiger partial charge in [-0.1, -0.05) is 35.5 Å². The largest absolute Gasteiger partial charge is 0.451 e. The highest BCUT2D eigenvalue weighted by Crippen LogP contribution is 2.28. The van der Waals surface area contributed by atoms with Gasteiger partial charge >= 0.3 is 0 Å². The van der Waals surface area contributed by atoms with Gasteiger partial charge in [0.2, 0.25) is 5.95 Å². The number of anilines is 2. The van der Waals surface area contributed by atoms with E-state index in [1.165, 1.54) is 18.4 Å². The van der Waals surface area contributed by atoms with Crippen LogP contribution in [0.2, 0.25) is 0 Å². The summed E-state index contributed by atoms with van der Waals surface area (Å²) in [5.74, 6) is 1.67. The summed E-state index contributed by atoms with van der Waals surface area (Å²) in [4.78, 5) is 27.6. The summed E-state index contributed by atoms with van der Waals surface area (Å²) in [6.45, 7) is 4.14. The number of ether oxygens (including phenoxy) is 1. The number of hydrogen-bond donors (Lipinski definition) is 2. The van der Waals surface area contributed by atoms with Crippen molar-refractivity contribution in [3.63, 3.8) is 0 Å². The molecule has 11 heteroatoms. The maximum atomic E-state index is 14.1. The number of nitrogens with one attached hydrogen (secondary N) is 2. The van der Waals surface area contributed by atoms with Gasteiger partial charge in [-0.25, -0.2) is 9.67 Å². The SMILES string of the molecule is Cc1ccccc1Oc1cc2cnc(Nc3ccc(C4CCCNC4)cc3)nc2n(Cc2nnn(C)c2-c2ccncc2)c1=O. The topological polar surface area (TPSA) is 125 Å². The van der Waals surface area contributed by atoms with Crippen LogP contribution >= 0.6 is 0 Å². The summed E-state index contributed by atoms with van der Waals surface area (Å²) in [5, 5.41) is 16.1. The van der Waals surface area contributed by atoms with Crippen molar-refractivity contribution < 1.29 is 4.74 Å². The summed E-state index contributed by atoms with van der Waals surface area (Å²) in [7, 11) is 1.82. The lowest BCUT2D eigenvalue weighted by molar-refractivity contribution is 0.461. The van der Waals surface area contributed by atoms with E-state index in [-0.39, 0.29) is 17.9 Å². The standard InChI is InChI=1S/C34H33N9O2/c1-22-6-3-4-8-29(22)45-30-18-26-20-37-34(38-27-11-9-23(10-12-27)25-7-5-15-36-19-25)39-32(26)43(33(30)44)21-28-31(42(2)41-40-28)24-13-16-35-17-14-24/h3-4,6,8-14,16-18,20,25,36H,5,7,15,19,21H2,1-2H3,(H,37,38,39). The van der Waals surface area contributed by atoms with Crippen LogP contribution in [0.3, 0.4) is 0 Å². The van der Waals surface area contributed by atoms with Crippen molar-refractivity contribution in [1.29, 1.82) is 0 Å². The zero-order valence-corrected chi connectivity index (χ0v) is 25.1. The van der Waals surface area contributed by atoms with E-state index in [1.54, 1.807) is 33.9 Å². The number of benzene rings is 2. The van der Waals surface area contributed by atoms with Crippen LogP contribution in [0.1, 0.15) is 35.6 Å². The molecule has 4 aromatic heterocycles. The quantitative estimate of drug-likeness (QED) is 0.238. The third-order valence-electron chi connectivity index (χ3n) is 8.20. The first-order valence-corrected chi connectivity index (χ1v) is 15.0. The molecule has 1 atom stereocenters. The predicted octanol–water partition coefficient (Wildman–Crippen LogP) is 5.34. The van der Waals surface area contributed by atoms with Crippen molar-refractivity contribution >= 4 is 22.7 Å². The van der Waals surface area contributed by atoms with Gasteiger partial charge in [0, 0.05) is 48.8 Å². The van der Waals surface area contributed by atoms with Crippen LogP contribution in [-0.4, -0.2) is 47.6 Å². The second kappa shape index (κ2) is 12.3. The number of aromatic nitrogens is 7. The minimum absolute atomic E-state index is 0.117. The van der Waals surface area contributed by atoms with Crippen molar-refractivity contribution in [2.45, 2.75) is 32.2 Å². The van der Waals surface area contributed by atoms with Crippen LogP contribution in [0.25, 0.3) is 22.3 Å². The minimum Gasteiger partial charge on any atom is -0.451 e. The van der Waals surface area contributed by atoms with Crippen molar-refractivity contribution in [2.75, 3.05) is 18.4 Å². The number of fused-ring (bicyclic) bond motifs is 1. The van der Waals surface area contributed by atoms with Gasteiger partial charge in [-0.2, -0.15) is 4.98 Å². The second-order valence-electron chi connectivity index (χ2n) is 11.3. The highest BCUT2D eigenvalue weighted by molar-refractivity contribution is 5.78. The highest BCUT2D eigenvalue weighted by atomic mass is 16.5. The zero-order chi connectivity index (χ0) is 30.8. The first-order valence-electron chi connectivity index (χ1n) is 15.0. The molecule has 6 aromatic rings. The Bertz CT molecular complexity index is 2010. The first kappa shape index (κ1) is 28.4. The maximum absolute atomic E-state index is 14.1. The Morgan fingerprint density at radius 1 is 1.04 bits per heavy atom. The van der Waals surface area contributed by atoms with E-state index in [9.17, 15) is 4.79 Å². The molecule has 11 nitrogen and oxygen atoms in total.